The Morgan fingerprint density at radius 1 is 1.35 bits per heavy atom. The van der Waals surface area contributed by atoms with E-state index < -0.39 is 5.51 Å². The molecule has 0 saturated carbocycles. The number of hydrogen-bond acceptors (Lipinski definition) is 2. The quantitative estimate of drug-likeness (QED) is 0.835. The van der Waals surface area contributed by atoms with Gasteiger partial charge >= 0.3 is 5.51 Å². The minimum Gasteiger partial charge on any atom is -0.350 e. The fourth-order valence-corrected chi connectivity index (χ4v) is 2.58. The normalized spacial score (nSPS) is 16.1. The van der Waals surface area contributed by atoms with E-state index in [-0.39, 0.29) is 23.3 Å². The Hall–Kier alpha value is -0.910. The van der Waals surface area contributed by atoms with Crippen LogP contribution in [0.5, 0.6) is 0 Å². The Labute approximate surface area is 101 Å². The highest BCUT2D eigenvalue weighted by atomic mass is 32.2. The molecule has 0 unspecified atom stereocenters. The van der Waals surface area contributed by atoms with Gasteiger partial charge in [-0.3, -0.25) is 4.79 Å². The number of rotatable bonds is 3. The van der Waals surface area contributed by atoms with Gasteiger partial charge < -0.3 is 4.57 Å². The van der Waals surface area contributed by atoms with E-state index in [9.17, 15) is 18.0 Å². The smallest absolute Gasteiger partial charge is 0.350 e. The SMILES string of the molecule is O=C1CCCc2c1ccn2CCSC(F)(F)F. The van der Waals surface area contributed by atoms with Gasteiger partial charge in [0.05, 0.1) is 0 Å². The summed E-state index contributed by atoms with van der Waals surface area (Å²) in [6.07, 6.45) is 3.84. The summed E-state index contributed by atoms with van der Waals surface area (Å²) in [4.78, 5) is 11.5. The number of Topliss-reactive ketones (excluding diaryl/α,β-unsaturated/α-hetero) is 1. The molecule has 0 aliphatic heterocycles. The summed E-state index contributed by atoms with van der Waals surface area (Å²) in [6, 6.07) is 1.72. The molecule has 6 heteroatoms. The number of hydrogen-bond donors (Lipinski definition) is 0. The third-order valence-corrected chi connectivity index (χ3v) is 3.51. The van der Waals surface area contributed by atoms with E-state index in [1.165, 1.54) is 0 Å². The summed E-state index contributed by atoms with van der Waals surface area (Å²) in [5.74, 6) is 0.0900. The molecule has 1 aromatic rings. The van der Waals surface area contributed by atoms with Crippen LogP contribution in [0.3, 0.4) is 0 Å². The van der Waals surface area contributed by atoms with Crippen LogP contribution in [0.1, 0.15) is 28.9 Å². The molecule has 0 saturated heterocycles. The number of alkyl halides is 3. The number of thioether (sulfide) groups is 1. The maximum atomic E-state index is 12.0. The first kappa shape index (κ1) is 12.5. The van der Waals surface area contributed by atoms with Crippen molar-refractivity contribution in [3.05, 3.63) is 23.5 Å². The molecule has 1 heterocycles. The van der Waals surface area contributed by atoms with E-state index in [2.05, 4.69) is 0 Å². The van der Waals surface area contributed by atoms with Crippen molar-refractivity contribution in [2.75, 3.05) is 5.75 Å². The molecule has 0 atom stereocenters. The number of aromatic nitrogens is 1. The predicted molar refractivity (Wildman–Crippen MR) is 60.2 cm³/mol. The van der Waals surface area contributed by atoms with Gasteiger partial charge in [0.25, 0.3) is 0 Å². The average molecular weight is 263 g/mol. The lowest BCUT2D eigenvalue weighted by molar-refractivity contribution is -0.0328. The standard InChI is InChI=1S/C11H12F3NOS/c12-11(13,14)17-7-6-15-5-4-8-9(15)2-1-3-10(8)16/h4-5H,1-3,6-7H2. The average Bonchev–Trinajstić information content (AvgIpc) is 2.61. The number of halogens is 3. The highest BCUT2D eigenvalue weighted by Crippen LogP contribution is 2.30. The lowest BCUT2D eigenvalue weighted by atomic mass is 9.97. The van der Waals surface area contributed by atoms with Gasteiger partial charge in [-0.1, -0.05) is 0 Å². The topological polar surface area (TPSA) is 22.0 Å². The molecule has 17 heavy (non-hydrogen) atoms. The van der Waals surface area contributed by atoms with Gasteiger partial charge in [-0.2, -0.15) is 13.2 Å². The Morgan fingerprint density at radius 3 is 2.82 bits per heavy atom. The van der Waals surface area contributed by atoms with E-state index in [0.717, 1.165) is 18.5 Å². The lowest BCUT2D eigenvalue weighted by Crippen LogP contribution is -2.14. The molecule has 0 bridgehead atoms. The van der Waals surface area contributed by atoms with Crippen molar-refractivity contribution in [3.63, 3.8) is 0 Å². The molecule has 2 rings (SSSR count). The van der Waals surface area contributed by atoms with Gasteiger partial charge in [0, 0.05) is 36.2 Å². The monoisotopic (exact) mass is 263 g/mol. The fraction of sp³-hybridized carbons (Fsp3) is 0.545. The molecular formula is C11H12F3NOS. The summed E-state index contributed by atoms with van der Waals surface area (Å²) in [5, 5.41) is 0. The zero-order valence-corrected chi connectivity index (χ0v) is 9.90. The molecule has 2 nitrogen and oxygen atoms in total. The zero-order chi connectivity index (χ0) is 12.5. The maximum Gasteiger partial charge on any atom is 0.441 e. The largest absolute Gasteiger partial charge is 0.441 e. The van der Waals surface area contributed by atoms with Gasteiger partial charge in [-0.15, -0.1) is 0 Å². The lowest BCUT2D eigenvalue weighted by Gasteiger charge is -2.15. The van der Waals surface area contributed by atoms with Crippen molar-refractivity contribution in [3.8, 4) is 0 Å². The van der Waals surface area contributed by atoms with Crippen LogP contribution >= 0.6 is 11.8 Å². The van der Waals surface area contributed by atoms with Gasteiger partial charge in [0.1, 0.15) is 0 Å². The van der Waals surface area contributed by atoms with Crippen molar-refractivity contribution >= 4 is 17.5 Å². The van der Waals surface area contributed by atoms with Gasteiger partial charge in [0.15, 0.2) is 5.78 Å². The highest BCUT2D eigenvalue weighted by molar-refractivity contribution is 8.00. The molecule has 1 aliphatic carbocycles. The first-order valence-corrected chi connectivity index (χ1v) is 6.38. The van der Waals surface area contributed by atoms with Crippen LogP contribution < -0.4 is 0 Å². The maximum absolute atomic E-state index is 12.0. The number of carbonyl (C=O) groups is 1. The molecule has 94 valence electrons. The van der Waals surface area contributed by atoms with E-state index >= 15 is 0 Å². The van der Waals surface area contributed by atoms with Gasteiger partial charge in [-0.25, -0.2) is 0 Å². The van der Waals surface area contributed by atoms with E-state index in [0.29, 0.717) is 18.5 Å². The summed E-state index contributed by atoms with van der Waals surface area (Å²) in [7, 11) is 0. The van der Waals surface area contributed by atoms with Crippen LogP contribution in [0.25, 0.3) is 0 Å². The van der Waals surface area contributed by atoms with E-state index in [1.807, 2.05) is 0 Å². The summed E-state index contributed by atoms with van der Waals surface area (Å²) in [6.45, 7) is 0.298. The van der Waals surface area contributed by atoms with Crippen molar-refractivity contribution in [2.45, 2.75) is 31.3 Å². The summed E-state index contributed by atoms with van der Waals surface area (Å²) < 4.78 is 37.7. The van der Waals surface area contributed by atoms with Crippen LogP contribution in [0.15, 0.2) is 12.3 Å². The van der Waals surface area contributed by atoms with Gasteiger partial charge in [-0.05, 0) is 30.7 Å². The predicted octanol–water partition coefficient (Wildman–Crippen LogP) is 3.26. The number of ketones is 1. The van der Waals surface area contributed by atoms with Crippen molar-refractivity contribution in [1.29, 1.82) is 0 Å². The second-order valence-electron chi connectivity index (χ2n) is 3.94. The summed E-state index contributed by atoms with van der Waals surface area (Å²) in [5.41, 5.74) is -2.60. The number of fused-ring (bicyclic) bond motifs is 1. The number of carbonyl (C=O) groups excluding carboxylic acids is 1. The Balaban J connectivity index is 2.01. The van der Waals surface area contributed by atoms with Crippen LogP contribution in [-0.2, 0) is 13.0 Å². The zero-order valence-electron chi connectivity index (χ0n) is 9.09. The van der Waals surface area contributed by atoms with Crippen LogP contribution in [0, 0.1) is 0 Å². The molecule has 1 aromatic heterocycles. The van der Waals surface area contributed by atoms with E-state index in [1.54, 1.807) is 16.8 Å². The van der Waals surface area contributed by atoms with Crippen molar-refractivity contribution in [2.24, 2.45) is 0 Å². The highest BCUT2D eigenvalue weighted by Gasteiger charge is 2.28. The van der Waals surface area contributed by atoms with Crippen molar-refractivity contribution in [1.82, 2.24) is 4.57 Å². The molecule has 0 aromatic carbocycles. The van der Waals surface area contributed by atoms with Crippen LogP contribution in [0.2, 0.25) is 0 Å². The molecule has 0 spiro atoms. The number of aryl methyl sites for hydroxylation is 1. The third kappa shape index (κ3) is 3.06. The number of nitrogens with zero attached hydrogens (tertiary/aromatic N) is 1. The second kappa shape index (κ2) is 4.76. The Bertz CT molecular complexity index is 425. The van der Waals surface area contributed by atoms with Crippen LogP contribution in [0.4, 0.5) is 13.2 Å². The minimum atomic E-state index is -4.18. The summed E-state index contributed by atoms with van der Waals surface area (Å²) >= 11 is -0.0225. The van der Waals surface area contributed by atoms with Crippen LogP contribution in [-0.4, -0.2) is 21.6 Å². The molecule has 0 radical (unpaired) electrons. The minimum absolute atomic E-state index is 0.0151. The van der Waals surface area contributed by atoms with E-state index in [4.69, 9.17) is 0 Å². The Morgan fingerprint density at radius 2 is 2.12 bits per heavy atom. The third-order valence-electron chi connectivity index (χ3n) is 2.79. The first-order valence-electron chi connectivity index (χ1n) is 5.39. The fourth-order valence-electron chi connectivity index (χ4n) is 2.06. The van der Waals surface area contributed by atoms with Gasteiger partial charge in [0.2, 0.25) is 0 Å². The molecule has 0 amide bonds. The molecule has 1 aliphatic rings. The molecule has 0 fully saturated rings. The Kier molecular flexibility index (Phi) is 3.51. The first-order chi connectivity index (χ1) is 7.97. The van der Waals surface area contributed by atoms with Crippen molar-refractivity contribution < 1.29 is 18.0 Å². The second-order valence-corrected chi connectivity index (χ2v) is 5.10. The molecular weight excluding hydrogens is 251 g/mol. The molecule has 0 N–H and O–H groups in total.